The summed E-state index contributed by atoms with van der Waals surface area (Å²) in [6.45, 7) is 8.57. The zero-order valence-corrected chi connectivity index (χ0v) is 5.11. The third kappa shape index (κ3) is 3.34. The van der Waals surface area contributed by atoms with E-state index in [4.69, 9.17) is 0 Å². The molecule has 0 aromatic rings. The summed E-state index contributed by atoms with van der Waals surface area (Å²) < 4.78 is 0. The van der Waals surface area contributed by atoms with E-state index in [1.54, 1.807) is 6.08 Å². The topological polar surface area (TPSA) is 17.1 Å². The molecule has 0 aromatic heterocycles. The van der Waals surface area contributed by atoms with E-state index in [0.717, 1.165) is 5.57 Å². The maximum atomic E-state index is 10.3. The van der Waals surface area contributed by atoms with Gasteiger partial charge in [-0.3, -0.25) is 4.79 Å². The molecule has 0 aliphatic heterocycles. The highest BCUT2D eigenvalue weighted by Gasteiger charge is 1.91. The molecule has 1 nitrogen and oxygen atoms in total. The summed E-state index contributed by atoms with van der Waals surface area (Å²) in [6, 6.07) is 0. The lowest BCUT2D eigenvalue weighted by Crippen LogP contribution is -1.88. The highest BCUT2D eigenvalue weighted by atomic mass is 16.1. The predicted molar refractivity (Wildman–Crippen MR) is 34.6 cm³/mol. The average molecular weight is 110 g/mol. The first-order valence-electron chi connectivity index (χ1n) is 2.46. The quantitative estimate of drug-likeness (QED) is 0.505. The molecule has 0 aliphatic rings. The first-order chi connectivity index (χ1) is 3.66. The third-order valence-electron chi connectivity index (χ3n) is 0.765. The van der Waals surface area contributed by atoms with Crippen LogP contribution in [0.3, 0.4) is 0 Å². The van der Waals surface area contributed by atoms with Crippen molar-refractivity contribution in [3.8, 4) is 0 Å². The zero-order chi connectivity index (χ0) is 6.57. The minimum Gasteiger partial charge on any atom is -0.300 e. The lowest BCUT2D eigenvalue weighted by atomic mass is 10.2. The molecule has 0 heterocycles. The predicted octanol–water partition coefficient (Wildman–Crippen LogP) is 1.71. The number of carbonyl (C=O) groups is 1. The lowest BCUT2D eigenvalue weighted by molar-refractivity contribution is -0.116. The van der Waals surface area contributed by atoms with Gasteiger partial charge in [-0.1, -0.05) is 19.2 Å². The summed E-state index contributed by atoms with van der Waals surface area (Å²) in [7, 11) is 0. The van der Waals surface area contributed by atoms with E-state index in [9.17, 15) is 4.79 Å². The molecule has 0 amide bonds. The Kier molecular flexibility index (Phi) is 2.85. The second kappa shape index (κ2) is 3.19. The van der Waals surface area contributed by atoms with E-state index in [0.29, 0.717) is 6.42 Å². The summed E-state index contributed by atoms with van der Waals surface area (Å²) in [5.74, 6) is 0.134. The van der Waals surface area contributed by atoms with Crippen molar-refractivity contribution >= 4 is 5.78 Å². The van der Waals surface area contributed by atoms with Gasteiger partial charge in [-0.15, -0.1) is 0 Å². The Morgan fingerprint density at radius 2 is 2.25 bits per heavy atom. The van der Waals surface area contributed by atoms with Crippen LogP contribution in [0.2, 0.25) is 0 Å². The number of ketones is 1. The van der Waals surface area contributed by atoms with Crippen molar-refractivity contribution in [2.75, 3.05) is 0 Å². The summed E-state index contributed by atoms with van der Waals surface area (Å²) in [5.41, 5.74) is 0.789. The molecule has 0 rings (SSSR count). The Morgan fingerprint density at radius 3 is 2.38 bits per heavy atom. The van der Waals surface area contributed by atoms with Crippen LogP contribution >= 0.6 is 0 Å². The molecule has 0 saturated heterocycles. The molecule has 0 unspecified atom stereocenters. The van der Waals surface area contributed by atoms with Gasteiger partial charge in [0.1, 0.15) is 5.78 Å². The van der Waals surface area contributed by atoms with Gasteiger partial charge in [0.2, 0.25) is 0 Å². The van der Waals surface area contributed by atoms with E-state index < -0.39 is 0 Å². The van der Waals surface area contributed by atoms with Crippen LogP contribution in [0.1, 0.15) is 13.3 Å². The molecule has 0 aliphatic carbocycles. The average Bonchev–Trinajstić information content (AvgIpc) is 1.65. The largest absolute Gasteiger partial charge is 0.300 e. The molecule has 8 heavy (non-hydrogen) atoms. The van der Waals surface area contributed by atoms with Crippen molar-refractivity contribution in [2.24, 2.45) is 0 Å². The SMILES string of the molecule is C=CC(=C)CC(C)=O. The maximum Gasteiger partial charge on any atom is 0.134 e. The Labute approximate surface area is 49.7 Å². The van der Waals surface area contributed by atoms with Crippen molar-refractivity contribution in [1.82, 2.24) is 0 Å². The van der Waals surface area contributed by atoms with Crippen LogP contribution in [0, 0.1) is 0 Å². The van der Waals surface area contributed by atoms with Gasteiger partial charge in [-0.05, 0) is 12.5 Å². The maximum absolute atomic E-state index is 10.3. The highest BCUT2D eigenvalue weighted by Crippen LogP contribution is 1.97. The van der Waals surface area contributed by atoms with Crippen LogP contribution < -0.4 is 0 Å². The molecule has 0 atom stereocenters. The van der Waals surface area contributed by atoms with Gasteiger partial charge in [0.25, 0.3) is 0 Å². The lowest BCUT2D eigenvalue weighted by Gasteiger charge is -1.89. The number of rotatable bonds is 3. The zero-order valence-electron chi connectivity index (χ0n) is 5.11. The first kappa shape index (κ1) is 7.15. The molecule has 0 aromatic carbocycles. The molecular weight excluding hydrogens is 100 g/mol. The minimum atomic E-state index is 0.134. The fraction of sp³-hybridized carbons (Fsp3) is 0.286. The van der Waals surface area contributed by atoms with Gasteiger partial charge >= 0.3 is 0 Å². The normalized spacial score (nSPS) is 8.12. The second-order valence-electron chi connectivity index (χ2n) is 1.74. The van der Waals surface area contributed by atoms with Gasteiger partial charge < -0.3 is 0 Å². The summed E-state index contributed by atoms with van der Waals surface area (Å²) in [6.07, 6.45) is 2.03. The van der Waals surface area contributed by atoms with E-state index >= 15 is 0 Å². The first-order valence-corrected chi connectivity index (χ1v) is 2.46. The summed E-state index contributed by atoms with van der Waals surface area (Å²) in [5, 5.41) is 0. The molecule has 1 heteroatoms. The Hall–Kier alpha value is -0.850. The monoisotopic (exact) mass is 110 g/mol. The minimum absolute atomic E-state index is 0.134. The molecule has 0 fully saturated rings. The van der Waals surface area contributed by atoms with Gasteiger partial charge in [-0.25, -0.2) is 0 Å². The van der Waals surface area contributed by atoms with Crippen LogP contribution in [0.4, 0.5) is 0 Å². The number of hydrogen-bond donors (Lipinski definition) is 0. The molecule has 44 valence electrons. The van der Waals surface area contributed by atoms with Crippen molar-refractivity contribution in [2.45, 2.75) is 13.3 Å². The Morgan fingerprint density at radius 1 is 1.75 bits per heavy atom. The van der Waals surface area contributed by atoms with Crippen molar-refractivity contribution in [3.05, 3.63) is 24.8 Å². The van der Waals surface area contributed by atoms with Gasteiger partial charge in [0, 0.05) is 6.42 Å². The second-order valence-corrected chi connectivity index (χ2v) is 1.74. The number of carbonyl (C=O) groups excluding carboxylic acids is 1. The summed E-state index contributed by atoms with van der Waals surface area (Å²) in [4.78, 5) is 10.3. The highest BCUT2D eigenvalue weighted by molar-refractivity contribution is 5.78. The van der Waals surface area contributed by atoms with Gasteiger partial charge in [0.05, 0.1) is 0 Å². The fourth-order valence-corrected chi connectivity index (χ4v) is 0.392. The van der Waals surface area contributed by atoms with E-state index in [2.05, 4.69) is 13.2 Å². The van der Waals surface area contributed by atoms with E-state index in [1.807, 2.05) is 0 Å². The molecule has 0 radical (unpaired) electrons. The van der Waals surface area contributed by atoms with Crippen molar-refractivity contribution in [3.63, 3.8) is 0 Å². The summed E-state index contributed by atoms with van der Waals surface area (Å²) >= 11 is 0. The number of hydrogen-bond acceptors (Lipinski definition) is 1. The van der Waals surface area contributed by atoms with Crippen LogP contribution in [-0.2, 0) is 4.79 Å². The van der Waals surface area contributed by atoms with Crippen LogP contribution in [0.5, 0.6) is 0 Å². The van der Waals surface area contributed by atoms with Gasteiger partial charge in [-0.2, -0.15) is 0 Å². The van der Waals surface area contributed by atoms with Gasteiger partial charge in [0.15, 0.2) is 0 Å². The van der Waals surface area contributed by atoms with Crippen LogP contribution in [-0.4, -0.2) is 5.78 Å². The molecule has 0 spiro atoms. The molecule has 0 saturated carbocycles. The van der Waals surface area contributed by atoms with E-state index in [-0.39, 0.29) is 5.78 Å². The number of Topliss-reactive ketones (excluding diaryl/α,β-unsaturated/α-hetero) is 1. The Bertz CT molecular complexity index is 122. The van der Waals surface area contributed by atoms with Crippen molar-refractivity contribution in [1.29, 1.82) is 0 Å². The standard InChI is InChI=1S/C7H10O/c1-4-6(2)5-7(3)8/h4H,1-2,5H2,3H3. The van der Waals surface area contributed by atoms with Crippen molar-refractivity contribution < 1.29 is 4.79 Å². The molecular formula is C7H10O. The smallest absolute Gasteiger partial charge is 0.134 e. The number of allylic oxidation sites excluding steroid dienone is 2. The fourth-order valence-electron chi connectivity index (χ4n) is 0.392. The van der Waals surface area contributed by atoms with Crippen LogP contribution in [0.25, 0.3) is 0 Å². The van der Waals surface area contributed by atoms with E-state index in [1.165, 1.54) is 6.92 Å². The molecule has 0 N–H and O–H groups in total. The third-order valence-corrected chi connectivity index (χ3v) is 0.765. The molecule has 0 bridgehead atoms. The Balaban J connectivity index is 3.55. The van der Waals surface area contributed by atoms with Crippen LogP contribution in [0.15, 0.2) is 24.8 Å².